The van der Waals surface area contributed by atoms with E-state index in [2.05, 4.69) is 16.4 Å². The molecule has 0 aliphatic rings. The molecule has 0 aliphatic carbocycles. The first kappa shape index (κ1) is 12.4. The second kappa shape index (κ2) is 5.07. The van der Waals surface area contributed by atoms with Crippen LogP contribution in [0.25, 0.3) is 0 Å². The van der Waals surface area contributed by atoms with Gasteiger partial charge in [0.15, 0.2) is 0 Å². The third-order valence-electron chi connectivity index (χ3n) is 2.53. The summed E-state index contributed by atoms with van der Waals surface area (Å²) in [7, 11) is 0. The van der Waals surface area contributed by atoms with Gasteiger partial charge in [-0.15, -0.1) is 0 Å². The first-order chi connectivity index (χ1) is 8.60. The molecule has 0 spiro atoms. The highest BCUT2D eigenvalue weighted by Gasteiger charge is 2.07. The maximum atomic E-state index is 9.05. The summed E-state index contributed by atoms with van der Waals surface area (Å²) >= 11 is 6.11. The standard InChI is InChI=1S/C14H12ClN3/c1-9-3-6-12(15)13(7-9)18-14-11(8-16)5-4-10(2)17-14/h3-7H,1-2H3,(H,17,18). The van der Waals surface area contributed by atoms with Crippen molar-refractivity contribution in [3.8, 4) is 6.07 Å². The Balaban J connectivity index is 2.43. The first-order valence-corrected chi connectivity index (χ1v) is 5.89. The quantitative estimate of drug-likeness (QED) is 0.886. The fourth-order valence-electron chi connectivity index (χ4n) is 1.60. The van der Waals surface area contributed by atoms with Crippen molar-refractivity contribution in [1.82, 2.24) is 4.98 Å². The topological polar surface area (TPSA) is 48.7 Å². The smallest absolute Gasteiger partial charge is 0.148 e. The number of nitrogens with zero attached hydrogens (tertiary/aromatic N) is 2. The number of nitrogens with one attached hydrogen (secondary N) is 1. The first-order valence-electron chi connectivity index (χ1n) is 5.51. The summed E-state index contributed by atoms with van der Waals surface area (Å²) in [5.74, 6) is 0.532. The fraction of sp³-hybridized carbons (Fsp3) is 0.143. The average Bonchev–Trinajstić information content (AvgIpc) is 2.34. The minimum atomic E-state index is 0.498. The van der Waals surface area contributed by atoms with Crippen LogP contribution >= 0.6 is 11.6 Å². The SMILES string of the molecule is Cc1ccc(Cl)c(Nc2nc(C)ccc2C#N)c1. The van der Waals surface area contributed by atoms with Gasteiger partial charge in [-0.2, -0.15) is 5.26 Å². The lowest BCUT2D eigenvalue weighted by Crippen LogP contribution is -1.99. The van der Waals surface area contributed by atoms with Crippen LogP contribution in [0.4, 0.5) is 11.5 Å². The lowest BCUT2D eigenvalue weighted by atomic mass is 10.2. The third-order valence-corrected chi connectivity index (χ3v) is 2.86. The van der Waals surface area contributed by atoms with Crippen molar-refractivity contribution >= 4 is 23.1 Å². The van der Waals surface area contributed by atoms with Gasteiger partial charge in [-0.1, -0.05) is 17.7 Å². The second-order valence-corrected chi connectivity index (χ2v) is 4.48. The second-order valence-electron chi connectivity index (χ2n) is 4.07. The van der Waals surface area contributed by atoms with Crippen molar-refractivity contribution < 1.29 is 0 Å². The summed E-state index contributed by atoms with van der Waals surface area (Å²) in [5.41, 5.74) is 3.19. The molecule has 1 N–H and O–H groups in total. The van der Waals surface area contributed by atoms with Crippen molar-refractivity contribution in [2.75, 3.05) is 5.32 Å². The molecule has 0 aliphatic heterocycles. The number of aryl methyl sites for hydroxylation is 2. The van der Waals surface area contributed by atoms with Gasteiger partial charge in [0.25, 0.3) is 0 Å². The van der Waals surface area contributed by atoms with E-state index in [0.29, 0.717) is 16.4 Å². The Hall–Kier alpha value is -2.05. The van der Waals surface area contributed by atoms with Crippen LogP contribution < -0.4 is 5.32 Å². The number of benzene rings is 1. The van der Waals surface area contributed by atoms with Gasteiger partial charge in [-0.3, -0.25) is 0 Å². The zero-order valence-corrected chi connectivity index (χ0v) is 10.9. The van der Waals surface area contributed by atoms with Crippen LogP contribution in [0.1, 0.15) is 16.8 Å². The molecule has 0 saturated heterocycles. The van der Waals surface area contributed by atoms with E-state index in [1.165, 1.54) is 0 Å². The third kappa shape index (κ3) is 2.61. The van der Waals surface area contributed by atoms with Crippen LogP contribution in [0.5, 0.6) is 0 Å². The molecule has 90 valence electrons. The minimum absolute atomic E-state index is 0.498. The van der Waals surface area contributed by atoms with E-state index in [4.69, 9.17) is 16.9 Å². The molecule has 1 aromatic carbocycles. The van der Waals surface area contributed by atoms with Gasteiger partial charge in [0, 0.05) is 5.69 Å². The van der Waals surface area contributed by atoms with Crippen LogP contribution in [-0.4, -0.2) is 4.98 Å². The highest BCUT2D eigenvalue weighted by molar-refractivity contribution is 6.33. The summed E-state index contributed by atoms with van der Waals surface area (Å²) in [5, 5.41) is 12.8. The van der Waals surface area contributed by atoms with E-state index in [1.54, 1.807) is 6.07 Å². The summed E-state index contributed by atoms with van der Waals surface area (Å²) in [4.78, 5) is 4.32. The summed E-state index contributed by atoms with van der Waals surface area (Å²) in [6.07, 6.45) is 0. The Kier molecular flexibility index (Phi) is 3.50. The molecular weight excluding hydrogens is 246 g/mol. The summed E-state index contributed by atoms with van der Waals surface area (Å²) in [6.45, 7) is 3.86. The Morgan fingerprint density at radius 1 is 1.22 bits per heavy atom. The molecule has 0 amide bonds. The molecule has 0 atom stereocenters. The Morgan fingerprint density at radius 2 is 2.00 bits per heavy atom. The normalized spacial score (nSPS) is 9.89. The fourth-order valence-corrected chi connectivity index (χ4v) is 1.77. The van der Waals surface area contributed by atoms with Crippen LogP contribution in [-0.2, 0) is 0 Å². The molecule has 0 bridgehead atoms. The van der Waals surface area contributed by atoms with Gasteiger partial charge < -0.3 is 5.32 Å². The monoisotopic (exact) mass is 257 g/mol. The van der Waals surface area contributed by atoms with E-state index in [9.17, 15) is 0 Å². The number of rotatable bonds is 2. The maximum Gasteiger partial charge on any atom is 0.148 e. The molecule has 1 aromatic heterocycles. The molecule has 1 heterocycles. The minimum Gasteiger partial charge on any atom is -0.338 e. The van der Waals surface area contributed by atoms with E-state index < -0.39 is 0 Å². The number of halogens is 1. The van der Waals surface area contributed by atoms with Crippen molar-refractivity contribution in [2.45, 2.75) is 13.8 Å². The number of pyridine rings is 1. The molecular formula is C14H12ClN3. The molecule has 2 rings (SSSR count). The van der Waals surface area contributed by atoms with E-state index in [1.807, 2.05) is 38.1 Å². The summed E-state index contributed by atoms with van der Waals surface area (Å²) < 4.78 is 0. The van der Waals surface area contributed by atoms with Crippen LogP contribution in [0.15, 0.2) is 30.3 Å². The maximum absolute atomic E-state index is 9.05. The molecule has 2 aromatic rings. The van der Waals surface area contributed by atoms with Gasteiger partial charge in [0.2, 0.25) is 0 Å². The van der Waals surface area contributed by atoms with Crippen molar-refractivity contribution in [1.29, 1.82) is 5.26 Å². The van der Waals surface area contributed by atoms with Gasteiger partial charge >= 0.3 is 0 Å². The van der Waals surface area contributed by atoms with Crippen molar-refractivity contribution in [2.24, 2.45) is 0 Å². The van der Waals surface area contributed by atoms with E-state index in [-0.39, 0.29) is 0 Å². The number of hydrogen-bond donors (Lipinski definition) is 1. The zero-order valence-electron chi connectivity index (χ0n) is 10.2. The average molecular weight is 258 g/mol. The molecule has 0 unspecified atom stereocenters. The van der Waals surface area contributed by atoms with Crippen LogP contribution in [0, 0.1) is 25.2 Å². The predicted octanol–water partition coefficient (Wildman–Crippen LogP) is 3.97. The van der Waals surface area contributed by atoms with E-state index >= 15 is 0 Å². The van der Waals surface area contributed by atoms with Gasteiger partial charge in [-0.05, 0) is 43.7 Å². The lowest BCUT2D eigenvalue weighted by Gasteiger charge is -2.10. The number of aromatic nitrogens is 1. The molecule has 0 radical (unpaired) electrons. The Bertz CT molecular complexity index is 629. The number of anilines is 2. The van der Waals surface area contributed by atoms with Crippen molar-refractivity contribution in [3.05, 3.63) is 52.2 Å². The molecule has 3 nitrogen and oxygen atoms in total. The van der Waals surface area contributed by atoms with E-state index in [0.717, 1.165) is 16.9 Å². The predicted molar refractivity (Wildman–Crippen MR) is 73.2 cm³/mol. The molecule has 18 heavy (non-hydrogen) atoms. The van der Waals surface area contributed by atoms with Crippen molar-refractivity contribution in [3.63, 3.8) is 0 Å². The zero-order chi connectivity index (χ0) is 13.1. The number of hydrogen-bond acceptors (Lipinski definition) is 3. The van der Waals surface area contributed by atoms with Crippen LogP contribution in [0.2, 0.25) is 5.02 Å². The molecule has 0 saturated carbocycles. The van der Waals surface area contributed by atoms with Gasteiger partial charge in [0.1, 0.15) is 11.9 Å². The molecule has 4 heteroatoms. The largest absolute Gasteiger partial charge is 0.338 e. The summed E-state index contributed by atoms with van der Waals surface area (Å²) in [6, 6.07) is 11.3. The highest BCUT2D eigenvalue weighted by atomic mass is 35.5. The number of nitriles is 1. The lowest BCUT2D eigenvalue weighted by molar-refractivity contribution is 1.19. The van der Waals surface area contributed by atoms with Crippen LogP contribution in [0.3, 0.4) is 0 Å². The highest BCUT2D eigenvalue weighted by Crippen LogP contribution is 2.27. The van der Waals surface area contributed by atoms with Gasteiger partial charge in [0.05, 0.1) is 16.3 Å². The molecule has 0 fully saturated rings. The van der Waals surface area contributed by atoms with Gasteiger partial charge in [-0.25, -0.2) is 4.98 Å². The Labute approximate surface area is 111 Å². The Morgan fingerprint density at radius 3 is 2.72 bits per heavy atom.